The van der Waals surface area contributed by atoms with Crippen LogP contribution in [0.15, 0.2) is 30.3 Å². The molecule has 0 unspecified atom stereocenters. The van der Waals surface area contributed by atoms with Gasteiger partial charge in [0.05, 0.1) is 26.8 Å². The van der Waals surface area contributed by atoms with E-state index in [-0.39, 0.29) is 5.82 Å². The van der Waals surface area contributed by atoms with Crippen LogP contribution in [-0.2, 0) is 0 Å². The Balaban J connectivity index is 2.42. The summed E-state index contributed by atoms with van der Waals surface area (Å²) in [4.78, 5) is 3.05. The van der Waals surface area contributed by atoms with Crippen molar-refractivity contribution in [2.45, 2.75) is 6.92 Å². The van der Waals surface area contributed by atoms with Gasteiger partial charge in [0.1, 0.15) is 5.82 Å². The minimum absolute atomic E-state index is 0.279. The molecule has 0 saturated carbocycles. The van der Waals surface area contributed by atoms with Crippen LogP contribution in [0.1, 0.15) is 5.56 Å². The van der Waals surface area contributed by atoms with Gasteiger partial charge in [0.15, 0.2) is 4.77 Å². The minimum atomic E-state index is -0.279. The number of hydrogen-bond acceptors (Lipinski definition) is 1. The molecule has 0 aliphatic heterocycles. The number of rotatable bonds is 1. The van der Waals surface area contributed by atoms with Crippen molar-refractivity contribution in [3.05, 3.63) is 56.5 Å². The van der Waals surface area contributed by atoms with Crippen LogP contribution in [0.4, 0.5) is 4.39 Å². The Labute approximate surface area is 129 Å². The molecule has 0 radical (unpaired) electrons. The highest BCUT2D eigenvalue weighted by Crippen LogP contribution is 2.30. The average Bonchev–Trinajstić information content (AvgIpc) is 2.69. The maximum absolute atomic E-state index is 13.7. The third-order valence-corrected chi connectivity index (χ3v) is 4.21. The van der Waals surface area contributed by atoms with Crippen molar-refractivity contribution in [2.24, 2.45) is 0 Å². The highest BCUT2D eigenvalue weighted by Gasteiger charge is 2.12. The fourth-order valence-electron chi connectivity index (χ4n) is 2.18. The van der Waals surface area contributed by atoms with Crippen molar-refractivity contribution < 1.29 is 4.39 Å². The lowest BCUT2D eigenvalue weighted by Gasteiger charge is -2.09. The van der Waals surface area contributed by atoms with E-state index in [4.69, 9.17) is 35.4 Å². The van der Waals surface area contributed by atoms with Crippen LogP contribution >= 0.6 is 35.4 Å². The number of nitrogens with one attached hydrogen (secondary N) is 1. The molecule has 0 spiro atoms. The number of benzene rings is 2. The smallest absolute Gasteiger partial charge is 0.182 e. The van der Waals surface area contributed by atoms with Crippen LogP contribution < -0.4 is 0 Å². The zero-order valence-electron chi connectivity index (χ0n) is 10.4. The van der Waals surface area contributed by atoms with Gasteiger partial charge in [0.2, 0.25) is 0 Å². The Kier molecular flexibility index (Phi) is 3.32. The lowest BCUT2D eigenvalue weighted by Crippen LogP contribution is -1.99. The summed E-state index contributed by atoms with van der Waals surface area (Å²) in [5.41, 5.74) is 2.72. The van der Waals surface area contributed by atoms with Crippen LogP contribution in [0.5, 0.6) is 0 Å². The van der Waals surface area contributed by atoms with E-state index >= 15 is 0 Å². The molecule has 0 saturated heterocycles. The van der Waals surface area contributed by atoms with Gasteiger partial charge in [-0.05, 0) is 43.4 Å². The zero-order chi connectivity index (χ0) is 14.4. The number of imidazole rings is 1. The maximum atomic E-state index is 13.7. The molecular formula is C14H9Cl2FN2S. The fraction of sp³-hybridized carbons (Fsp3) is 0.0714. The topological polar surface area (TPSA) is 20.7 Å². The van der Waals surface area contributed by atoms with Gasteiger partial charge < -0.3 is 4.98 Å². The molecule has 102 valence electrons. The number of fused-ring (bicyclic) bond motifs is 1. The molecular weight excluding hydrogens is 318 g/mol. The van der Waals surface area contributed by atoms with Crippen LogP contribution in [0.2, 0.25) is 10.0 Å². The molecule has 0 atom stereocenters. The predicted octanol–water partition coefficient (Wildman–Crippen LogP) is 5.44. The number of hydrogen-bond donors (Lipinski definition) is 1. The first-order valence-corrected chi connectivity index (χ1v) is 7.00. The summed E-state index contributed by atoms with van der Waals surface area (Å²) in [6, 6.07) is 8.30. The van der Waals surface area contributed by atoms with Crippen molar-refractivity contribution in [3.8, 4) is 5.69 Å². The van der Waals surface area contributed by atoms with E-state index in [0.29, 0.717) is 26.1 Å². The van der Waals surface area contributed by atoms with Crippen molar-refractivity contribution in [1.82, 2.24) is 9.55 Å². The lowest BCUT2D eigenvalue weighted by molar-refractivity contribution is 0.617. The van der Waals surface area contributed by atoms with E-state index in [2.05, 4.69) is 4.98 Å². The Morgan fingerprint density at radius 3 is 2.65 bits per heavy atom. The first-order valence-electron chi connectivity index (χ1n) is 5.84. The van der Waals surface area contributed by atoms with Gasteiger partial charge >= 0.3 is 0 Å². The molecule has 6 heteroatoms. The normalized spacial score (nSPS) is 11.2. The molecule has 0 fully saturated rings. The van der Waals surface area contributed by atoms with Gasteiger partial charge in [0.25, 0.3) is 0 Å². The summed E-state index contributed by atoms with van der Waals surface area (Å²) in [7, 11) is 0. The highest BCUT2D eigenvalue weighted by molar-refractivity contribution is 7.71. The van der Waals surface area contributed by atoms with E-state index in [1.807, 2.05) is 6.07 Å². The number of aromatic nitrogens is 2. The van der Waals surface area contributed by atoms with E-state index in [1.165, 1.54) is 6.07 Å². The molecule has 1 N–H and O–H groups in total. The van der Waals surface area contributed by atoms with Gasteiger partial charge in [0, 0.05) is 5.56 Å². The quantitative estimate of drug-likeness (QED) is 0.590. The van der Waals surface area contributed by atoms with Crippen LogP contribution in [0, 0.1) is 17.5 Å². The Morgan fingerprint density at radius 2 is 1.90 bits per heavy atom. The van der Waals surface area contributed by atoms with E-state index < -0.39 is 0 Å². The summed E-state index contributed by atoms with van der Waals surface area (Å²) < 4.78 is 16.0. The second-order valence-electron chi connectivity index (χ2n) is 4.43. The van der Waals surface area contributed by atoms with E-state index in [9.17, 15) is 4.39 Å². The van der Waals surface area contributed by atoms with Crippen molar-refractivity contribution in [3.63, 3.8) is 0 Å². The zero-order valence-corrected chi connectivity index (χ0v) is 12.7. The van der Waals surface area contributed by atoms with Crippen LogP contribution in [-0.4, -0.2) is 9.55 Å². The molecule has 2 nitrogen and oxygen atoms in total. The predicted molar refractivity (Wildman–Crippen MR) is 83.2 cm³/mol. The van der Waals surface area contributed by atoms with Crippen molar-refractivity contribution in [1.29, 1.82) is 0 Å². The molecule has 20 heavy (non-hydrogen) atoms. The molecule has 3 aromatic rings. The van der Waals surface area contributed by atoms with Gasteiger partial charge in [-0.15, -0.1) is 0 Å². The first kappa shape index (κ1) is 13.6. The first-order chi connectivity index (χ1) is 9.49. The third kappa shape index (κ3) is 2.04. The van der Waals surface area contributed by atoms with Gasteiger partial charge in [-0.2, -0.15) is 0 Å². The molecule has 0 amide bonds. The molecule has 1 aromatic heterocycles. The van der Waals surface area contributed by atoms with Crippen molar-refractivity contribution in [2.75, 3.05) is 0 Å². The van der Waals surface area contributed by atoms with Crippen molar-refractivity contribution >= 4 is 46.5 Å². The second-order valence-corrected chi connectivity index (χ2v) is 5.63. The highest BCUT2D eigenvalue weighted by atomic mass is 35.5. The third-order valence-electron chi connectivity index (χ3n) is 3.20. The number of aromatic amines is 1. The molecule has 1 heterocycles. The van der Waals surface area contributed by atoms with Crippen LogP contribution in [0.3, 0.4) is 0 Å². The van der Waals surface area contributed by atoms with Gasteiger partial charge in [-0.25, -0.2) is 4.39 Å². The minimum Gasteiger partial charge on any atom is -0.330 e. The molecule has 0 aliphatic rings. The molecule has 0 bridgehead atoms. The average molecular weight is 327 g/mol. The standard InChI is InChI=1S/C14H9Cl2FN2S/c1-7-10(17)3-2-4-12(7)19-13-6-9(16)8(15)5-11(13)18-14(19)20/h2-6H,1H3,(H,18,20). The largest absolute Gasteiger partial charge is 0.330 e. The Hall–Kier alpha value is -1.36. The van der Waals surface area contributed by atoms with Gasteiger partial charge in [-0.1, -0.05) is 29.3 Å². The second kappa shape index (κ2) is 4.88. The fourth-order valence-corrected chi connectivity index (χ4v) is 2.81. The Bertz CT molecular complexity index is 883. The number of H-pyrrole nitrogens is 1. The van der Waals surface area contributed by atoms with E-state index in [1.54, 1.807) is 29.7 Å². The molecule has 2 aromatic carbocycles. The SMILES string of the molecule is Cc1c(F)cccc1-n1c(=S)[nH]c2cc(Cl)c(Cl)cc21. The lowest BCUT2D eigenvalue weighted by atomic mass is 10.2. The number of nitrogens with zero attached hydrogens (tertiary/aromatic N) is 1. The van der Waals surface area contributed by atoms with E-state index in [0.717, 1.165) is 11.0 Å². The Morgan fingerprint density at radius 1 is 1.20 bits per heavy atom. The molecule has 0 aliphatic carbocycles. The monoisotopic (exact) mass is 326 g/mol. The summed E-state index contributed by atoms with van der Waals surface area (Å²) >= 11 is 17.4. The number of halogens is 3. The summed E-state index contributed by atoms with van der Waals surface area (Å²) in [5, 5.41) is 0.870. The maximum Gasteiger partial charge on any atom is 0.182 e. The summed E-state index contributed by atoms with van der Waals surface area (Å²) in [6.45, 7) is 1.71. The van der Waals surface area contributed by atoms with Crippen LogP contribution in [0.25, 0.3) is 16.7 Å². The van der Waals surface area contributed by atoms with Gasteiger partial charge in [-0.3, -0.25) is 4.57 Å². The summed E-state index contributed by atoms with van der Waals surface area (Å²) in [5.74, 6) is -0.279. The molecule has 3 rings (SSSR count). The summed E-state index contributed by atoms with van der Waals surface area (Å²) in [6.07, 6.45) is 0.